The summed E-state index contributed by atoms with van der Waals surface area (Å²) in [5, 5.41) is 0. The van der Waals surface area contributed by atoms with E-state index < -0.39 is 0 Å². The van der Waals surface area contributed by atoms with Crippen LogP contribution in [0.2, 0.25) is 0 Å². The second-order valence-corrected chi connectivity index (χ2v) is 5.58. The first-order valence-corrected chi connectivity index (χ1v) is 6.99. The fourth-order valence-corrected chi connectivity index (χ4v) is 1.89. The molecule has 1 fully saturated rings. The number of ether oxygens (including phenoxy) is 2. The molecule has 0 heterocycles. The van der Waals surface area contributed by atoms with Crippen molar-refractivity contribution < 1.29 is 14.3 Å². The van der Waals surface area contributed by atoms with E-state index in [1.165, 1.54) is 0 Å². The Kier molecular flexibility index (Phi) is 4.97. The molecule has 0 amide bonds. The minimum Gasteiger partial charge on any atom is -0.463 e. The van der Waals surface area contributed by atoms with E-state index >= 15 is 0 Å². The molecule has 1 unspecified atom stereocenters. The van der Waals surface area contributed by atoms with Gasteiger partial charge in [-0.2, -0.15) is 0 Å². The van der Waals surface area contributed by atoms with E-state index in [1.54, 1.807) is 0 Å². The molecular weight excluding hydrogens is 240 g/mol. The van der Waals surface area contributed by atoms with E-state index in [4.69, 9.17) is 9.47 Å². The Hall–Kier alpha value is -1.35. The smallest absolute Gasteiger partial charge is 0.335 e. The summed E-state index contributed by atoms with van der Waals surface area (Å²) in [5.74, 6) is 0.508. The Morgan fingerprint density at radius 1 is 1.26 bits per heavy atom. The normalized spacial score (nSPS) is 16.4. The van der Waals surface area contributed by atoms with Crippen molar-refractivity contribution in [2.75, 3.05) is 6.61 Å². The van der Waals surface area contributed by atoms with Gasteiger partial charge < -0.3 is 9.47 Å². The van der Waals surface area contributed by atoms with Crippen LogP contribution in [0.15, 0.2) is 30.3 Å². The number of carbonyl (C=O) groups is 1. The lowest BCUT2D eigenvalue weighted by Crippen LogP contribution is -2.29. The number of hydrogen-bond donors (Lipinski definition) is 0. The van der Waals surface area contributed by atoms with Gasteiger partial charge in [0.25, 0.3) is 0 Å². The van der Waals surface area contributed by atoms with Gasteiger partial charge in [-0.25, -0.2) is 4.79 Å². The molecule has 0 spiro atoms. The molecule has 1 aromatic rings. The number of carbonyl (C=O) groups excluding carboxylic acids is 1. The fourth-order valence-electron chi connectivity index (χ4n) is 1.89. The quantitative estimate of drug-likeness (QED) is 0.708. The fraction of sp³-hybridized carbons (Fsp3) is 0.562. The predicted octanol–water partition coefficient (Wildman–Crippen LogP) is 3.18. The first-order chi connectivity index (χ1) is 9.16. The first-order valence-electron chi connectivity index (χ1n) is 6.99. The highest BCUT2D eigenvalue weighted by molar-refractivity contribution is 5.75. The number of benzene rings is 1. The number of hydrogen-bond acceptors (Lipinski definition) is 3. The average Bonchev–Trinajstić information content (AvgIpc) is 3.22. The Labute approximate surface area is 114 Å². The largest absolute Gasteiger partial charge is 0.463 e. The average molecular weight is 262 g/mol. The first kappa shape index (κ1) is 14.1. The van der Waals surface area contributed by atoms with E-state index in [2.05, 4.69) is 0 Å². The monoisotopic (exact) mass is 262 g/mol. The molecule has 0 aromatic heterocycles. The lowest BCUT2D eigenvalue weighted by molar-refractivity contribution is -0.160. The summed E-state index contributed by atoms with van der Waals surface area (Å²) in [6.45, 7) is 5.00. The van der Waals surface area contributed by atoms with Crippen molar-refractivity contribution in [3.63, 3.8) is 0 Å². The molecule has 19 heavy (non-hydrogen) atoms. The summed E-state index contributed by atoms with van der Waals surface area (Å²) in [7, 11) is 0. The molecule has 1 saturated carbocycles. The molecule has 0 radical (unpaired) electrons. The van der Waals surface area contributed by atoms with Crippen molar-refractivity contribution in [3.8, 4) is 0 Å². The van der Waals surface area contributed by atoms with Gasteiger partial charge in [0, 0.05) is 0 Å². The molecule has 0 saturated heterocycles. The van der Waals surface area contributed by atoms with Crippen molar-refractivity contribution >= 4 is 5.97 Å². The SMILES string of the molecule is CC(C)COC(=O)C(OCc1ccccc1)C1CC1. The Morgan fingerprint density at radius 3 is 2.53 bits per heavy atom. The summed E-state index contributed by atoms with van der Waals surface area (Å²) in [4.78, 5) is 12.0. The van der Waals surface area contributed by atoms with Crippen LogP contribution in [0.1, 0.15) is 32.3 Å². The van der Waals surface area contributed by atoms with Crippen LogP contribution < -0.4 is 0 Å². The molecule has 104 valence electrons. The molecule has 1 aromatic carbocycles. The van der Waals surface area contributed by atoms with Crippen LogP contribution in [0.5, 0.6) is 0 Å². The molecule has 0 aliphatic heterocycles. The van der Waals surface area contributed by atoms with Crippen LogP contribution in [-0.2, 0) is 20.9 Å². The van der Waals surface area contributed by atoms with Crippen LogP contribution >= 0.6 is 0 Å². The van der Waals surface area contributed by atoms with Gasteiger partial charge in [-0.15, -0.1) is 0 Å². The van der Waals surface area contributed by atoms with Crippen LogP contribution in [-0.4, -0.2) is 18.7 Å². The molecule has 2 rings (SSSR count). The minimum absolute atomic E-state index is 0.202. The van der Waals surface area contributed by atoms with Gasteiger partial charge in [0.2, 0.25) is 0 Å². The third kappa shape index (κ3) is 4.67. The summed E-state index contributed by atoms with van der Waals surface area (Å²) >= 11 is 0. The van der Waals surface area contributed by atoms with Crippen molar-refractivity contribution in [3.05, 3.63) is 35.9 Å². The van der Waals surface area contributed by atoms with Gasteiger partial charge >= 0.3 is 5.97 Å². The maximum atomic E-state index is 12.0. The Morgan fingerprint density at radius 2 is 1.95 bits per heavy atom. The molecule has 1 aliphatic rings. The molecule has 3 nitrogen and oxygen atoms in total. The van der Waals surface area contributed by atoms with Gasteiger partial charge in [0.05, 0.1) is 13.2 Å². The third-order valence-corrected chi connectivity index (χ3v) is 3.11. The van der Waals surface area contributed by atoms with E-state index in [1.807, 2.05) is 44.2 Å². The molecule has 0 bridgehead atoms. The lowest BCUT2D eigenvalue weighted by Gasteiger charge is -2.17. The van der Waals surface area contributed by atoms with E-state index in [0.717, 1.165) is 18.4 Å². The second-order valence-electron chi connectivity index (χ2n) is 5.58. The van der Waals surface area contributed by atoms with Crippen LogP contribution in [0.3, 0.4) is 0 Å². The molecule has 1 atom stereocenters. The van der Waals surface area contributed by atoms with Crippen molar-refractivity contribution in [1.82, 2.24) is 0 Å². The maximum absolute atomic E-state index is 12.0. The van der Waals surface area contributed by atoms with Crippen molar-refractivity contribution in [2.45, 2.75) is 39.4 Å². The highest BCUT2D eigenvalue weighted by Gasteiger charge is 2.38. The minimum atomic E-state index is -0.390. The maximum Gasteiger partial charge on any atom is 0.335 e. The van der Waals surface area contributed by atoms with Gasteiger partial charge in [-0.05, 0) is 30.2 Å². The summed E-state index contributed by atoms with van der Waals surface area (Å²) in [6.07, 6.45) is 1.74. The van der Waals surface area contributed by atoms with E-state index in [9.17, 15) is 4.79 Å². The summed E-state index contributed by atoms with van der Waals surface area (Å²) in [6, 6.07) is 9.93. The van der Waals surface area contributed by atoms with Crippen LogP contribution in [0.4, 0.5) is 0 Å². The molecule has 0 N–H and O–H groups in total. The summed E-state index contributed by atoms with van der Waals surface area (Å²) in [5.41, 5.74) is 1.09. The standard InChI is InChI=1S/C16H22O3/c1-12(2)10-19-16(17)15(14-8-9-14)18-11-13-6-4-3-5-7-13/h3-7,12,14-15H,8-11H2,1-2H3. The number of rotatable bonds is 7. The van der Waals surface area contributed by atoms with E-state index in [0.29, 0.717) is 25.0 Å². The third-order valence-electron chi connectivity index (χ3n) is 3.11. The van der Waals surface area contributed by atoms with Crippen LogP contribution in [0.25, 0.3) is 0 Å². The van der Waals surface area contributed by atoms with Gasteiger partial charge in [0.15, 0.2) is 6.10 Å². The van der Waals surface area contributed by atoms with Gasteiger partial charge in [0.1, 0.15) is 0 Å². The zero-order chi connectivity index (χ0) is 13.7. The lowest BCUT2D eigenvalue weighted by atomic mass is 10.2. The van der Waals surface area contributed by atoms with Crippen LogP contribution in [0, 0.1) is 11.8 Å². The zero-order valence-electron chi connectivity index (χ0n) is 11.7. The molecule has 1 aliphatic carbocycles. The Balaban J connectivity index is 1.84. The van der Waals surface area contributed by atoms with Gasteiger partial charge in [-0.1, -0.05) is 44.2 Å². The highest BCUT2D eigenvalue weighted by Crippen LogP contribution is 2.35. The summed E-state index contributed by atoms with van der Waals surface area (Å²) < 4.78 is 11.1. The highest BCUT2D eigenvalue weighted by atomic mass is 16.6. The van der Waals surface area contributed by atoms with Crippen molar-refractivity contribution in [2.24, 2.45) is 11.8 Å². The molecule has 3 heteroatoms. The zero-order valence-corrected chi connectivity index (χ0v) is 11.7. The van der Waals surface area contributed by atoms with Gasteiger partial charge in [-0.3, -0.25) is 0 Å². The molecular formula is C16H22O3. The topological polar surface area (TPSA) is 35.5 Å². The van der Waals surface area contributed by atoms with Crippen molar-refractivity contribution in [1.29, 1.82) is 0 Å². The Bertz CT molecular complexity index is 396. The second kappa shape index (κ2) is 6.71. The number of esters is 1. The predicted molar refractivity (Wildman–Crippen MR) is 73.5 cm³/mol. The van der Waals surface area contributed by atoms with E-state index in [-0.39, 0.29) is 12.1 Å².